The van der Waals surface area contributed by atoms with Gasteiger partial charge in [0.2, 0.25) is 0 Å². The molecule has 0 saturated heterocycles. The van der Waals surface area contributed by atoms with E-state index in [1.54, 1.807) is 11.3 Å². The number of nitrogens with zero attached hydrogens (tertiary/aromatic N) is 2. The Balaban J connectivity index is 2.43. The SMILES string of the molecule is Cc1nc(C#Cc2cc(C#N)cc(C(I)(I)I)c2)cs1. The van der Waals surface area contributed by atoms with E-state index in [0.717, 1.165) is 21.8 Å². The molecule has 2 rings (SSSR count). The Morgan fingerprint density at radius 1 is 1.15 bits per heavy atom. The van der Waals surface area contributed by atoms with Crippen LogP contribution in [0.3, 0.4) is 0 Å². The zero-order chi connectivity index (χ0) is 14.8. The van der Waals surface area contributed by atoms with Crippen LogP contribution in [0.2, 0.25) is 0 Å². The van der Waals surface area contributed by atoms with Crippen molar-refractivity contribution in [3.63, 3.8) is 0 Å². The first-order valence-corrected chi connectivity index (χ1v) is 9.56. The first kappa shape index (κ1) is 16.5. The maximum atomic E-state index is 9.12. The number of thiazole rings is 1. The molecule has 1 aromatic carbocycles. The largest absolute Gasteiger partial charge is 0.233 e. The van der Waals surface area contributed by atoms with Gasteiger partial charge in [-0.2, -0.15) is 5.26 Å². The van der Waals surface area contributed by atoms with E-state index < -0.39 is 0 Å². The van der Waals surface area contributed by atoms with Gasteiger partial charge in [0.25, 0.3) is 0 Å². The Kier molecular flexibility index (Phi) is 5.68. The summed E-state index contributed by atoms with van der Waals surface area (Å²) >= 11 is 8.61. The molecule has 0 aliphatic heterocycles. The van der Waals surface area contributed by atoms with E-state index in [2.05, 4.69) is 90.7 Å². The van der Waals surface area contributed by atoms with E-state index in [9.17, 15) is 0 Å². The molecular weight excluding hydrogens is 609 g/mol. The maximum Gasteiger partial charge on any atom is 0.149 e. The number of alkyl halides is 3. The van der Waals surface area contributed by atoms with Crippen molar-refractivity contribution in [2.45, 2.75) is 6.36 Å². The van der Waals surface area contributed by atoms with Crippen LogP contribution in [0.15, 0.2) is 23.6 Å². The fourth-order valence-electron chi connectivity index (χ4n) is 1.49. The lowest BCUT2D eigenvalue weighted by molar-refractivity contribution is 1.27. The fourth-order valence-corrected chi connectivity index (χ4v) is 2.96. The highest BCUT2D eigenvalue weighted by Gasteiger charge is 2.21. The van der Waals surface area contributed by atoms with E-state index in [-0.39, 0.29) is -0.565 Å². The molecule has 0 unspecified atom stereocenters. The molecule has 0 aliphatic carbocycles. The lowest BCUT2D eigenvalue weighted by Gasteiger charge is -2.13. The lowest BCUT2D eigenvalue weighted by atomic mass is 10.1. The molecule has 1 heterocycles. The van der Waals surface area contributed by atoms with Crippen molar-refractivity contribution < 1.29 is 0 Å². The van der Waals surface area contributed by atoms with Crippen LogP contribution in [-0.2, 0) is -0.565 Å². The standard InChI is InChI=1S/C14H7I3N2S/c1-9-19-13(8-20-9)3-2-10-4-11(7-18)6-12(5-10)14(15,16)17/h4-6,8H,1H3. The molecule has 0 fully saturated rings. The minimum atomic E-state index is -0.0895. The van der Waals surface area contributed by atoms with Crippen molar-refractivity contribution in [1.82, 2.24) is 4.98 Å². The number of rotatable bonds is 1. The first-order chi connectivity index (χ1) is 9.38. The second kappa shape index (κ2) is 6.90. The summed E-state index contributed by atoms with van der Waals surface area (Å²) in [6, 6.07) is 7.93. The average molecular weight is 616 g/mol. The third kappa shape index (κ3) is 4.55. The average Bonchev–Trinajstić information content (AvgIpc) is 2.81. The van der Waals surface area contributed by atoms with Crippen molar-refractivity contribution in [2.75, 3.05) is 0 Å². The van der Waals surface area contributed by atoms with Crippen molar-refractivity contribution in [3.05, 3.63) is 51.0 Å². The van der Waals surface area contributed by atoms with E-state index in [1.165, 1.54) is 0 Å². The van der Waals surface area contributed by atoms with Crippen LogP contribution in [0.4, 0.5) is 0 Å². The first-order valence-electron chi connectivity index (χ1n) is 5.45. The molecule has 0 aliphatic rings. The normalized spacial score (nSPS) is 10.6. The van der Waals surface area contributed by atoms with Gasteiger partial charge in [-0.05, 0) is 104 Å². The minimum absolute atomic E-state index is 0.0895. The highest BCUT2D eigenvalue weighted by molar-refractivity contribution is 14.3. The Labute approximate surface area is 162 Å². The summed E-state index contributed by atoms with van der Waals surface area (Å²) in [5.74, 6) is 6.14. The summed E-state index contributed by atoms with van der Waals surface area (Å²) in [6.07, 6.45) is 0. The molecule has 0 N–H and O–H groups in total. The Hall–Kier alpha value is 0.0900. The molecule has 0 spiro atoms. The van der Waals surface area contributed by atoms with Gasteiger partial charge >= 0.3 is 0 Å². The van der Waals surface area contributed by atoms with Gasteiger partial charge in [-0.3, -0.25) is 0 Å². The predicted octanol–water partition coefficient (Wildman–Crippen LogP) is 5.14. The molecule has 2 aromatic rings. The Bertz CT molecular complexity index is 742. The molecule has 0 bridgehead atoms. The van der Waals surface area contributed by atoms with Gasteiger partial charge in [0.15, 0.2) is 0 Å². The van der Waals surface area contributed by atoms with E-state index in [4.69, 9.17) is 5.26 Å². The minimum Gasteiger partial charge on any atom is -0.233 e. The van der Waals surface area contributed by atoms with Crippen molar-refractivity contribution >= 4 is 79.1 Å². The van der Waals surface area contributed by atoms with E-state index >= 15 is 0 Å². The van der Waals surface area contributed by atoms with Crippen molar-refractivity contribution in [3.8, 4) is 17.9 Å². The molecule has 0 radical (unpaired) electrons. The molecule has 0 atom stereocenters. The second-order valence-corrected chi connectivity index (χ2v) is 16.0. The van der Waals surface area contributed by atoms with Gasteiger partial charge in [-0.25, -0.2) is 4.98 Å². The Morgan fingerprint density at radius 2 is 1.85 bits per heavy atom. The van der Waals surface area contributed by atoms with Crippen molar-refractivity contribution in [1.29, 1.82) is 5.26 Å². The zero-order valence-corrected chi connectivity index (χ0v) is 17.5. The number of halogens is 3. The third-order valence-corrected chi connectivity index (χ3v) is 4.99. The molecule has 100 valence electrons. The van der Waals surface area contributed by atoms with Gasteiger partial charge in [0.1, 0.15) is 5.13 Å². The van der Waals surface area contributed by atoms with Gasteiger partial charge in [-0.1, -0.05) is 5.92 Å². The van der Waals surface area contributed by atoms with Crippen LogP contribution in [-0.4, -0.2) is 4.98 Å². The van der Waals surface area contributed by atoms with Gasteiger partial charge in [0.05, 0.1) is 16.6 Å². The molecule has 1 aromatic heterocycles. The van der Waals surface area contributed by atoms with Gasteiger partial charge in [0, 0.05) is 10.9 Å². The van der Waals surface area contributed by atoms with Crippen LogP contribution in [0.1, 0.15) is 27.4 Å². The summed E-state index contributed by atoms with van der Waals surface area (Å²) < 4.78 is -0.0895. The highest BCUT2D eigenvalue weighted by atomic mass is 127. The van der Waals surface area contributed by atoms with Gasteiger partial charge < -0.3 is 0 Å². The van der Waals surface area contributed by atoms with Crippen LogP contribution < -0.4 is 0 Å². The molecule has 0 amide bonds. The number of hydrogen-bond donors (Lipinski definition) is 0. The molecule has 2 nitrogen and oxygen atoms in total. The molecule has 0 saturated carbocycles. The van der Waals surface area contributed by atoms with Crippen LogP contribution >= 0.6 is 79.1 Å². The summed E-state index contributed by atoms with van der Waals surface area (Å²) in [6.45, 7) is 1.96. The number of nitriles is 1. The topological polar surface area (TPSA) is 36.7 Å². The summed E-state index contributed by atoms with van der Waals surface area (Å²) in [4.78, 5) is 4.31. The molecular formula is C14H7I3N2S. The van der Waals surface area contributed by atoms with E-state index in [1.807, 2.05) is 30.5 Å². The third-order valence-electron chi connectivity index (χ3n) is 2.34. The maximum absolute atomic E-state index is 9.12. The number of benzene rings is 1. The van der Waals surface area contributed by atoms with Crippen LogP contribution in [0.5, 0.6) is 0 Å². The monoisotopic (exact) mass is 616 g/mol. The number of hydrogen-bond acceptors (Lipinski definition) is 3. The molecule has 6 heteroatoms. The van der Waals surface area contributed by atoms with Crippen molar-refractivity contribution in [2.24, 2.45) is 0 Å². The lowest BCUT2D eigenvalue weighted by Crippen LogP contribution is -1.98. The smallest absolute Gasteiger partial charge is 0.149 e. The van der Waals surface area contributed by atoms with Gasteiger partial charge in [-0.15, -0.1) is 11.3 Å². The summed E-state index contributed by atoms with van der Waals surface area (Å²) in [7, 11) is 0. The number of aryl methyl sites for hydroxylation is 1. The van der Waals surface area contributed by atoms with Crippen LogP contribution in [0.25, 0.3) is 0 Å². The zero-order valence-electron chi connectivity index (χ0n) is 10.2. The summed E-state index contributed by atoms with van der Waals surface area (Å²) in [5, 5.41) is 12.1. The number of aromatic nitrogens is 1. The summed E-state index contributed by atoms with van der Waals surface area (Å²) in [5.41, 5.74) is 3.34. The quantitative estimate of drug-likeness (QED) is 0.253. The highest BCUT2D eigenvalue weighted by Crippen LogP contribution is 2.46. The Morgan fingerprint density at radius 3 is 2.40 bits per heavy atom. The fraction of sp³-hybridized carbons (Fsp3) is 0.143. The predicted molar refractivity (Wildman–Crippen MR) is 108 cm³/mol. The van der Waals surface area contributed by atoms with Crippen LogP contribution in [0, 0.1) is 30.1 Å². The van der Waals surface area contributed by atoms with E-state index in [0.29, 0.717) is 5.56 Å². The molecule has 20 heavy (non-hydrogen) atoms. The second-order valence-electron chi connectivity index (χ2n) is 3.91.